The molecule has 0 aliphatic rings. The number of benzene rings is 1. The number of hydrogen-bond donors (Lipinski definition) is 1. The number of carbonyl (C=O) groups excluding carboxylic acids is 2. The molecule has 1 aromatic carbocycles. The fraction of sp³-hybridized carbons (Fsp3) is 0.429. The van der Waals surface area contributed by atoms with Gasteiger partial charge in [-0.1, -0.05) is 30.7 Å². The number of hydrogen-bond acceptors (Lipinski definition) is 2. The van der Waals surface area contributed by atoms with E-state index in [9.17, 15) is 9.59 Å². The lowest BCUT2D eigenvalue weighted by Gasteiger charge is -2.02. The van der Waals surface area contributed by atoms with Crippen molar-refractivity contribution in [3.8, 4) is 0 Å². The molecule has 0 aliphatic carbocycles. The molecular weight excluding hydrogens is 214 g/mol. The second kappa shape index (κ2) is 7.60. The van der Waals surface area contributed by atoms with E-state index in [-0.39, 0.29) is 5.91 Å². The molecule has 0 bridgehead atoms. The molecule has 0 spiro atoms. The van der Waals surface area contributed by atoms with Crippen molar-refractivity contribution in [3.63, 3.8) is 0 Å². The van der Waals surface area contributed by atoms with Crippen molar-refractivity contribution in [1.29, 1.82) is 0 Å². The maximum atomic E-state index is 10.5. The van der Waals surface area contributed by atoms with Gasteiger partial charge in [-0.2, -0.15) is 0 Å². The Morgan fingerprint density at radius 3 is 2.29 bits per heavy atom. The van der Waals surface area contributed by atoms with Crippen LogP contribution in [0.4, 0.5) is 0 Å². The number of carbonyl (C=O) groups is 2. The highest BCUT2D eigenvalue weighted by Gasteiger charge is 1.97. The summed E-state index contributed by atoms with van der Waals surface area (Å²) in [6.07, 6.45) is 5.87. The number of nitrogens with two attached hydrogens (primary N) is 1. The second-order valence-electron chi connectivity index (χ2n) is 4.21. The molecule has 0 radical (unpaired) electrons. The van der Waals surface area contributed by atoms with Crippen LogP contribution in [0.15, 0.2) is 24.3 Å². The molecule has 0 heterocycles. The van der Waals surface area contributed by atoms with E-state index in [2.05, 4.69) is 12.1 Å². The third-order valence-electron chi connectivity index (χ3n) is 2.73. The lowest BCUT2D eigenvalue weighted by molar-refractivity contribution is -0.118. The molecule has 0 aliphatic heterocycles. The van der Waals surface area contributed by atoms with Crippen molar-refractivity contribution in [2.45, 2.75) is 38.5 Å². The van der Waals surface area contributed by atoms with Crippen molar-refractivity contribution in [3.05, 3.63) is 35.4 Å². The lowest BCUT2D eigenvalue weighted by Crippen LogP contribution is -2.09. The zero-order chi connectivity index (χ0) is 12.5. The Balaban J connectivity index is 2.22. The molecule has 0 saturated heterocycles. The maximum absolute atomic E-state index is 10.5. The monoisotopic (exact) mass is 233 g/mol. The van der Waals surface area contributed by atoms with Gasteiger partial charge in [0.1, 0.15) is 6.29 Å². The third-order valence-corrected chi connectivity index (χ3v) is 2.73. The number of primary amides is 1. The minimum absolute atomic E-state index is 0.219. The topological polar surface area (TPSA) is 60.2 Å². The number of rotatable bonds is 8. The summed E-state index contributed by atoms with van der Waals surface area (Å²) in [5.74, 6) is -0.219. The molecule has 0 atom stereocenters. The van der Waals surface area contributed by atoms with Crippen LogP contribution in [0.3, 0.4) is 0 Å². The van der Waals surface area contributed by atoms with E-state index in [4.69, 9.17) is 5.73 Å². The standard InChI is InChI=1S/C14H19NO2/c15-14(17)5-3-1-2-4-12-6-8-13(9-7-12)10-11-16/h6-9,11H,1-5,10H2,(H2,15,17). The summed E-state index contributed by atoms with van der Waals surface area (Å²) in [6, 6.07) is 8.11. The van der Waals surface area contributed by atoms with Crippen LogP contribution in [0.5, 0.6) is 0 Å². The predicted octanol–water partition coefficient (Wildman–Crippen LogP) is 2.02. The summed E-state index contributed by atoms with van der Waals surface area (Å²) in [5, 5.41) is 0. The summed E-state index contributed by atoms with van der Waals surface area (Å²) in [7, 11) is 0. The molecule has 0 fully saturated rings. The molecule has 3 nitrogen and oxygen atoms in total. The summed E-state index contributed by atoms with van der Waals surface area (Å²) < 4.78 is 0. The van der Waals surface area contributed by atoms with Gasteiger partial charge in [0.05, 0.1) is 0 Å². The predicted molar refractivity (Wildman–Crippen MR) is 67.6 cm³/mol. The Bertz CT molecular complexity index is 357. The third kappa shape index (κ3) is 5.85. The van der Waals surface area contributed by atoms with Crippen LogP contribution in [0.2, 0.25) is 0 Å². The molecule has 1 rings (SSSR count). The van der Waals surface area contributed by atoms with Crippen LogP contribution in [0, 0.1) is 0 Å². The van der Waals surface area contributed by atoms with Gasteiger partial charge in [0.2, 0.25) is 5.91 Å². The van der Waals surface area contributed by atoms with Crippen molar-refractivity contribution in [2.75, 3.05) is 0 Å². The highest BCUT2D eigenvalue weighted by Crippen LogP contribution is 2.09. The summed E-state index contributed by atoms with van der Waals surface area (Å²) in [6.45, 7) is 0. The van der Waals surface area contributed by atoms with Crippen molar-refractivity contribution in [2.24, 2.45) is 5.73 Å². The number of amides is 1. The summed E-state index contributed by atoms with van der Waals surface area (Å²) >= 11 is 0. The molecular formula is C14H19NO2. The Hall–Kier alpha value is -1.64. The Morgan fingerprint density at radius 1 is 1.06 bits per heavy atom. The number of aryl methyl sites for hydroxylation is 1. The normalized spacial score (nSPS) is 10.1. The minimum atomic E-state index is -0.219. The number of unbranched alkanes of at least 4 members (excludes halogenated alkanes) is 2. The van der Waals surface area contributed by atoms with Crippen LogP contribution >= 0.6 is 0 Å². The van der Waals surface area contributed by atoms with Crippen LogP contribution < -0.4 is 5.73 Å². The fourth-order valence-electron chi connectivity index (χ4n) is 1.74. The first-order chi connectivity index (χ1) is 8.22. The van der Waals surface area contributed by atoms with Crippen LogP contribution in [0.25, 0.3) is 0 Å². The van der Waals surface area contributed by atoms with Gasteiger partial charge in [0, 0.05) is 12.8 Å². The average molecular weight is 233 g/mol. The summed E-state index contributed by atoms with van der Waals surface area (Å²) in [5.41, 5.74) is 7.39. The molecule has 0 saturated carbocycles. The largest absolute Gasteiger partial charge is 0.370 e. The lowest BCUT2D eigenvalue weighted by atomic mass is 10.0. The zero-order valence-corrected chi connectivity index (χ0v) is 10.0. The molecule has 17 heavy (non-hydrogen) atoms. The molecule has 1 aromatic rings. The van der Waals surface area contributed by atoms with E-state index in [1.165, 1.54) is 5.56 Å². The van der Waals surface area contributed by atoms with E-state index in [0.717, 1.165) is 37.5 Å². The van der Waals surface area contributed by atoms with Gasteiger partial charge in [-0.3, -0.25) is 4.79 Å². The first-order valence-corrected chi connectivity index (χ1v) is 6.02. The van der Waals surface area contributed by atoms with Gasteiger partial charge in [-0.05, 0) is 30.4 Å². The van der Waals surface area contributed by atoms with Crippen LogP contribution in [-0.2, 0) is 22.4 Å². The second-order valence-corrected chi connectivity index (χ2v) is 4.21. The number of aldehydes is 1. The highest BCUT2D eigenvalue weighted by molar-refractivity contribution is 5.73. The van der Waals surface area contributed by atoms with Crippen molar-refractivity contribution in [1.82, 2.24) is 0 Å². The van der Waals surface area contributed by atoms with Gasteiger partial charge < -0.3 is 10.5 Å². The van der Waals surface area contributed by atoms with Crippen molar-refractivity contribution >= 4 is 12.2 Å². The average Bonchev–Trinajstić information content (AvgIpc) is 2.31. The Labute approximate surface area is 102 Å². The van der Waals surface area contributed by atoms with E-state index in [1.807, 2.05) is 12.1 Å². The fourth-order valence-corrected chi connectivity index (χ4v) is 1.74. The first-order valence-electron chi connectivity index (χ1n) is 6.02. The van der Waals surface area contributed by atoms with Gasteiger partial charge in [0.15, 0.2) is 0 Å². The molecule has 0 unspecified atom stereocenters. The van der Waals surface area contributed by atoms with Gasteiger partial charge in [-0.25, -0.2) is 0 Å². The van der Waals surface area contributed by atoms with E-state index in [1.54, 1.807) is 0 Å². The molecule has 1 amide bonds. The van der Waals surface area contributed by atoms with Crippen molar-refractivity contribution < 1.29 is 9.59 Å². The Morgan fingerprint density at radius 2 is 1.71 bits per heavy atom. The van der Waals surface area contributed by atoms with E-state index < -0.39 is 0 Å². The first kappa shape index (κ1) is 13.4. The van der Waals surface area contributed by atoms with Crippen LogP contribution in [0.1, 0.15) is 36.8 Å². The molecule has 0 aromatic heterocycles. The van der Waals surface area contributed by atoms with Gasteiger partial charge in [0.25, 0.3) is 0 Å². The van der Waals surface area contributed by atoms with E-state index in [0.29, 0.717) is 12.8 Å². The quantitative estimate of drug-likeness (QED) is 0.551. The molecule has 92 valence electrons. The van der Waals surface area contributed by atoms with Crippen LogP contribution in [-0.4, -0.2) is 12.2 Å². The maximum Gasteiger partial charge on any atom is 0.217 e. The molecule has 3 heteroatoms. The van der Waals surface area contributed by atoms with E-state index >= 15 is 0 Å². The molecule has 2 N–H and O–H groups in total. The smallest absolute Gasteiger partial charge is 0.217 e. The zero-order valence-electron chi connectivity index (χ0n) is 10.0. The van der Waals surface area contributed by atoms with Gasteiger partial charge >= 0.3 is 0 Å². The SMILES string of the molecule is NC(=O)CCCCCc1ccc(CC=O)cc1. The van der Waals surface area contributed by atoms with Gasteiger partial charge in [-0.15, -0.1) is 0 Å². The summed E-state index contributed by atoms with van der Waals surface area (Å²) in [4.78, 5) is 20.8. The Kier molecular flexibility index (Phi) is 6.00. The highest BCUT2D eigenvalue weighted by atomic mass is 16.1. The minimum Gasteiger partial charge on any atom is -0.370 e.